The summed E-state index contributed by atoms with van der Waals surface area (Å²) in [6.45, 7) is 0. The summed E-state index contributed by atoms with van der Waals surface area (Å²) in [4.78, 5) is 25.0. The minimum absolute atomic E-state index is 0.208. The molecule has 1 amide bonds. The summed E-state index contributed by atoms with van der Waals surface area (Å²) in [5, 5.41) is 3.97. The number of halogens is 1. The molecule has 8 nitrogen and oxygen atoms in total. The van der Waals surface area contributed by atoms with Gasteiger partial charge in [0.15, 0.2) is 11.5 Å². The number of hydrogen-bond acceptors (Lipinski definition) is 7. The Kier molecular flexibility index (Phi) is 8.04. The minimum Gasteiger partial charge on any atom is -0.493 e. The average Bonchev–Trinajstić information content (AvgIpc) is 2.84. The van der Waals surface area contributed by atoms with E-state index in [-0.39, 0.29) is 17.2 Å². The number of rotatable bonds is 8. The molecule has 0 saturated heterocycles. The van der Waals surface area contributed by atoms with Gasteiger partial charge in [-0.2, -0.15) is 5.10 Å². The van der Waals surface area contributed by atoms with Crippen LogP contribution in [0.5, 0.6) is 23.0 Å². The molecule has 1 N–H and O–H groups in total. The smallest absolute Gasteiger partial charge is 0.343 e. The lowest BCUT2D eigenvalue weighted by Gasteiger charge is -2.14. The predicted octanol–water partition coefficient (Wildman–Crippen LogP) is 4.46. The Hall–Kier alpha value is -3.85. The van der Waals surface area contributed by atoms with Crippen molar-refractivity contribution in [2.45, 2.75) is 0 Å². The van der Waals surface area contributed by atoms with Crippen molar-refractivity contribution in [3.63, 3.8) is 0 Å². The van der Waals surface area contributed by atoms with Gasteiger partial charge in [0.25, 0.3) is 5.91 Å². The van der Waals surface area contributed by atoms with E-state index in [0.29, 0.717) is 28.4 Å². The number of amides is 1. The normalized spacial score (nSPS) is 10.5. The maximum absolute atomic E-state index is 12.8. The Morgan fingerprint density at radius 3 is 2.09 bits per heavy atom. The van der Waals surface area contributed by atoms with E-state index >= 15 is 0 Å². The van der Waals surface area contributed by atoms with Crippen molar-refractivity contribution in [3.8, 4) is 23.0 Å². The summed E-state index contributed by atoms with van der Waals surface area (Å²) >= 11 is 3.32. The number of nitrogens with one attached hydrogen (secondary N) is 1. The Labute approximate surface area is 199 Å². The molecule has 3 aromatic rings. The van der Waals surface area contributed by atoms with Crippen molar-refractivity contribution >= 4 is 34.0 Å². The molecule has 0 aliphatic carbocycles. The molecule has 3 aromatic carbocycles. The van der Waals surface area contributed by atoms with Gasteiger partial charge < -0.3 is 18.9 Å². The average molecular weight is 513 g/mol. The molecule has 0 heterocycles. The third-order valence-electron chi connectivity index (χ3n) is 4.50. The van der Waals surface area contributed by atoms with E-state index in [1.807, 2.05) is 0 Å². The highest BCUT2D eigenvalue weighted by molar-refractivity contribution is 9.10. The monoisotopic (exact) mass is 512 g/mol. The molecule has 0 unspecified atom stereocenters. The SMILES string of the molecule is COc1cc(C(=O)Oc2ccccc2/C=N\NC(=O)c2ccc(Br)cc2)cc(OC)c1OC. The third kappa shape index (κ3) is 5.89. The second-order valence-corrected chi connectivity index (χ2v) is 7.46. The van der Waals surface area contributed by atoms with E-state index in [9.17, 15) is 9.59 Å². The number of carbonyl (C=O) groups is 2. The summed E-state index contributed by atoms with van der Waals surface area (Å²) in [6.07, 6.45) is 1.40. The van der Waals surface area contributed by atoms with Crippen molar-refractivity contribution in [1.82, 2.24) is 5.43 Å². The van der Waals surface area contributed by atoms with Crippen molar-refractivity contribution < 1.29 is 28.5 Å². The lowest BCUT2D eigenvalue weighted by Crippen LogP contribution is -2.17. The number of hydrogen-bond donors (Lipinski definition) is 1. The van der Waals surface area contributed by atoms with Crippen LogP contribution in [-0.4, -0.2) is 39.4 Å². The fraction of sp³-hybridized carbons (Fsp3) is 0.125. The zero-order valence-electron chi connectivity index (χ0n) is 18.1. The standard InChI is InChI=1S/C24H21BrN2O6/c1-30-20-12-17(13-21(31-2)22(20)32-3)24(29)33-19-7-5-4-6-16(19)14-26-27-23(28)15-8-10-18(25)11-9-15/h4-14H,1-3H3,(H,27,28)/b26-14-. The Bertz CT molecular complexity index is 1150. The van der Waals surface area contributed by atoms with E-state index in [0.717, 1.165) is 4.47 Å². The summed E-state index contributed by atoms with van der Waals surface area (Å²) in [5.41, 5.74) is 3.61. The third-order valence-corrected chi connectivity index (χ3v) is 5.03. The molecule has 9 heteroatoms. The fourth-order valence-electron chi connectivity index (χ4n) is 2.86. The summed E-state index contributed by atoms with van der Waals surface area (Å²) in [7, 11) is 4.39. The van der Waals surface area contributed by atoms with E-state index in [1.54, 1.807) is 48.5 Å². The van der Waals surface area contributed by atoms with Gasteiger partial charge in [-0.25, -0.2) is 10.2 Å². The minimum atomic E-state index is -0.631. The number of esters is 1. The number of hydrazone groups is 1. The molecule has 0 radical (unpaired) electrons. The molecule has 0 atom stereocenters. The van der Waals surface area contributed by atoms with Crippen LogP contribution in [0.15, 0.2) is 70.2 Å². The van der Waals surface area contributed by atoms with Gasteiger partial charge >= 0.3 is 5.97 Å². The molecular weight excluding hydrogens is 492 g/mol. The van der Waals surface area contributed by atoms with Crippen LogP contribution in [0, 0.1) is 0 Å². The van der Waals surface area contributed by atoms with Crippen LogP contribution in [-0.2, 0) is 0 Å². The van der Waals surface area contributed by atoms with Crippen LogP contribution in [0.2, 0.25) is 0 Å². The van der Waals surface area contributed by atoms with Crippen LogP contribution in [0.4, 0.5) is 0 Å². The Morgan fingerprint density at radius 1 is 0.848 bits per heavy atom. The Balaban J connectivity index is 1.76. The number of benzene rings is 3. The van der Waals surface area contributed by atoms with Gasteiger partial charge in [-0.15, -0.1) is 0 Å². The largest absolute Gasteiger partial charge is 0.493 e. The maximum atomic E-state index is 12.8. The molecule has 0 bridgehead atoms. The second-order valence-electron chi connectivity index (χ2n) is 6.55. The van der Waals surface area contributed by atoms with E-state index in [4.69, 9.17) is 18.9 Å². The van der Waals surface area contributed by atoms with Gasteiger partial charge in [-0.1, -0.05) is 28.1 Å². The van der Waals surface area contributed by atoms with Crippen LogP contribution >= 0.6 is 15.9 Å². The quantitative estimate of drug-likeness (QED) is 0.207. The van der Waals surface area contributed by atoms with Crippen molar-refractivity contribution in [2.75, 3.05) is 21.3 Å². The summed E-state index contributed by atoms with van der Waals surface area (Å²) < 4.78 is 22.3. The highest BCUT2D eigenvalue weighted by atomic mass is 79.9. The van der Waals surface area contributed by atoms with Crippen LogP contribution in [0.25, 0.3) is 0 Å². The first-order valence-electron chi connectivity index (χ1n) is 9.67. The Morgan fingerprint density at radius 2 is 1.48 bits per heavy atom. The zero-order valence-corrected chi connectivity index (χ0v) is 19.7. The first-order chi connectivity index (χ1) is 16.0. The number of para-hydroxylation sites is 1. The molecule has 0 aromatic heterocycles. The zero-order chi connectivity index (χ0) is 23.8. The molecule has 0 aliphatic rings. The second kappa shape index (κ2) is 11.1. The number of nitrogens with zero attached hydrogens (tertiary/aromatic N) is 1. The van der Waals surface area contributed by atoms with Gasteiger partial charge in [0.2, 0.25) is 5.75 Å². The molecular formula is C24H21BrN2O6. The number of carbonyl (C=O) groups excluding carboxylic acids is 2. The van der Waals surface area contributed by atoms with E-state index in [2.05, 4.69) is 26.5 Å². The van der Waals surface area contributed by atoms with Gasteiger partial charge in [-0.3, -0.25) is 4.79 Å². The lowest BCUT2D eigenvalue weighted by atomic mass is 10.1. The molecule has 0 aliphatic heterocycles. The van der Waals surface area contributed by atoms with E-state index < -0.39 is 5.97 Å². The molecule has 33 heavy (non-hydrogen) atoms. The van der Waals surface area contributed by atoms with E-state index in [1.165, 1.54) is 39.7 Å². The van der Waals surface area contributed by atoms with Crippen molar-refractivity contribution in [1.29, 1.82) is 0 Å². The van der Waals surface area contributed by atoms with Crippen LogP contribution < -0.4 is 24.4 Å². The highest BCUT2D eigenvalue weighted by Crippen LogP contribution is 2.38. The molecule has 170 valence electrons. The van der Waals surface area contributed by atoms with Crippen molar-refractivity contribution in [2.24, 2.45) is 5.10 Å². The van der Waals surface area contributed by atoms with Crippen LogP contribution in [0.1, 0.15) is 26.3 Å². The highest BCUT2D eigenvalue weighted by Gasteiger charge is 2.19. The van der Waals surface area contributed by atoms with Crippen molar-refractivity contribution in [3.05, 3.63) is 81.8 Å². The van der Waals surface area contributed by atoms with Gasteiger partial charge in [-0.05, 0) is 48.5 Å². The number of methoxy groups -OCH3 is 3. The molecule has 0 saturated carbocycles. The number of ether oxygens (including phenoxy) is 4. The first kappa shape index (κ1) is 23.8. The molecule has 0 spiro atoms. The summed E-state index contributed by atoms with van der Waals surface area (Å²) in [5.74, 6) is 0.284. The predicted molar refractivity (Wildman–Crippen MR) is 127 cm³/mol. The lowest BCUT2D eigenvalue weighted by molar-refractivity contribution is 0.0733. The van der Waals surface area contributed by atoms with Gasteiger partial charge in [0.1, 0.15) is 5.75 Å². The van der Waals surface area contributed by atoms with Crippen LogP contribution in [0.3, 0.4) is 0 Å². The first-order valence-corrected chi connectivity index (χ1v) is 10.5. The fourth-order valence-corrected chi connectivity index (χ4v) is 3.13. The topological polar surface area (TPSA) is 95.5 Å². The molecule has 3 rings (SSSR count). The maximum Gasteiger partial charge on any atom is 0.343 e. The van der Waals surface area contributed by atoms with Gasteiger partial charge in [0.05, 0.1) is 33.1 Å². The van der Waals surface area contributed by atoms with Gasteiger partial charge in [0, 0.05) is 15.6 Å². The summed E-state index contributed by atoms with van der Waals surface area (Å²) in [6, 6.07) is 16.7. The molecule has 0 fully saturated rings.